The van der Waals surface area contributed by atoms with Crippen LogP contribution in [0.5, 0.6) is 0 Å². The van der Waals surface area contributed by atoms with Crippen LogP contribution in [0.15, 0.2) is 61.3 Å². The molecule has 128 valence electrons. The second kappa shape index (κ2) is 7.70. The van der Waals surface area contributed by atoms with Gasteiger partial charge in [-0.25, -0.2) is 14.4 Å². The molecule has 3 rings (SSSR count). The third kappa shape index (κ3) is 4.50. The van der Waals surface area contributed by atoms with Crippen LogP contribution in [0.25, 0.3) is 5.82 Å². The molecule has 3 aromatic rings. The van der Waals surface area contributed by atoms with Crippen LogP contribution in [0.3, 0.4) is 0 Å². The molecule has 1 amide bonds. The van der Waals surface area contributed by atoms with Gasteiger partial charge >= 0.3 is 0 Å². The van der Waals surface area contributed by atoms with E-state index in [-0.39, 0.29) is 17.6 Å². The molecule has 0 radical (unpaired) electrons. The molecule has 0 spiro atoms. The first-order valence-electron chi connectivity index (χ1n) is 8.07. The van der Waals surface area contributed by atoms with Crippen molar-refractivity contribution < 1.29 is 9.18 Å². The van der Waals surface area contributed by atoms with Crippen molar-refractivity contribution in [3.05, 3.63) is 78.3 Å². The zero-order chi connectivity index (χ0) is 17.6. The van der Waals surface area contributed by atoms with Crippen molar-refractivity contribution in [1.82, 2.24) is 19.9 Å². The summed E-state index contributed by atoms with van der Waals surface area (Å²) in [6.45, 7) is 2.32. The lowest BCUT2D eigenvalue weighted by atomic mass is 9.97. The molecule has 0 aliphatic heterocycles. The molecule has 0 aliphatic rings. The van der Waals surface area contributed by atoms with E-state index in [0.717, 1.165) is 16.9 Å². The normalized spacial score (nSPS) is 11.9. The van der Waals surface area contributed by atoms with Crippen molar-refractivity contribution in [3.8, 4) is 5.82 Å². The van der Waals surface area contributed by atoms with E-state index in [1.807, 2.05) is 35.9 Å². The monoisotopic (exact) mass is 338 g/mol. The maximum absolute atomic E-state index is 13.3. The first-order chi connectivity index (χ1) is 12.1. The Morgan fingerprint density at radius 1 is 1.32 bits per heavy atom. The molecule has 25 heavy (non-hydrogen) atoms. The van der Waals surface area contributed by atoms with E-state index in [2.05, 4.69) is 15.3 Å². The molecule has 0 saturated heterocycles. The lowest BCUT2D eigenvalue weighted by Crippen LogP contribution is -2.24. The summed E-state index contributed by atoms with van der Waals surface area (Å²) in [6.07, 6.45) is 7.22. The number of halogens is 1. The summed E-state index contributed by atoms with van der Waals surface area (Å²) >= 11 is 0. The summed E-state index contributed by atoms with van der Waals surface area (Å²) < 4.78 is 15.1. The Balaban J connectivity index is 1.52. The minimum Gasteiger partial charge on any atom is -0.352 e. The van der Waals surface area contributed by atoms with Gasteiger partial charge in [-0.15, -0.1) is 0 Å². The zero-order valence-electron chi connectivity index (χ0n) is 13.9. The molecular weight excluding hydrogens is 319 g/mol. The first kappa shape index (κ1) is 16.8. The SMILES string of the molecule is CC(CC(=O)NCc1ccc(-n2ccnc2)nc1)c1cccc(F)c1. The predicted molar refractivity (Wildman–Crippen MR) is 92.6 cm³/mol. The minimum atomic E-state index is -0.284. The number of carbonyl (C=O) groups is 1. The van der Waals surface area contributed by atoms with E-state index in [1.54, 1.807) is 24.8 Å². The number of benzene rings is 1. The summed E-state index contributed by atoms with van der Waals surface area (Å²) in [5, 5.41) is 2.88. The first-order valence-corrected chi connectivity index (χ1v) is 8.07. The van der Waals surface area contributed by atoms with E-state index in [9.17, 15) is 9.18 Å². The summed E-state index contributed by atoms with van der Waals surface area (Å²) in [4.78, 5) is 20.4. The molecule has 1 aromatic carbocycles. The number of nitrogens with zero attached hydrogens (tertiary/aromatic N) is 3. The summed E-state index contributed by atoms with van der Waals surface area (Å²) in [6, 6.07) is 10.1. The highest BCUT2D eigenvalue weighted by Gasteiger charge is 2.11. The van der Waals surface area contributed by atoms with Crippen molar-refractivity contribution in [3.63, 3.8) is 0 Å². The van der Waals surface area contributed by atoms with Gasteiger partial charge < -0.3 is 5.32 Å². The zero-order valence-corrected chi connectivity index (χ0v) is 13.9. The molecule has 6 heteroatoms. The highest BCUT2D eigenvalue weighted by molar-refractivity contribution is 5.76. The van der Waals surface area contributed by atoms with Gasteiger partial charge in [0.2, 0.25) is 5.91 Å². The molecule has 0 fully saturated rings. The van der Waals surface area contributed by atoms with Crippen LogP contribution < -0.4 is 5.32 Å². The van der Waals surface area contributed by atoms with Crippen molar-refractivity contribution in [2.24, 2.45) is 0 Å². The number of rotatable bonds is 6. The van der Waals surface area contributed by atoms with Gasteiger partial charge in [0.05, 0.1) is 0 Å². The number of hydrogen-bond acceptors (Lipinski definition) is 3. The van der Waals surface area contributed by atoms with E-state index >= 15 is 0 Å². The van der Waals surface area contributed by atoms with Gasteiger partial charge in [0.1, 0.15) is 18.0 Å². The Kier molecular flexibility index (Phi) is 5.18. The number of pyridine rings is 1. The highest BCUT2D eigenvalue weighted by atomic mass is 19.1. The van der Waals surface area contributed by atoms with Gasteiger partial charge in [-0.3, -0.25) is 9.36 Å². The van der Waals surface area contributed by atoms with Crippen molar-refractivity contribution in [2.75, 3.05) is 0 Å². The van der Waals surface area contributed by atoms with Crippen molar-refractivity contribution >= 4 is 5.91 Å². The van der Waals surface area contributed by atoms with Crippen LogP contribution in [0.4, 0.5) is 4.39 Å². The topological polar surface area (TPSA) is 59.8 Å². The van der Waals surface area contributed by atoms with E-state index in [1.165, 1.54) is 12.1 Å². The fourth-order valence-electron chi connectivity index (χ4n) is 2.55. The Bertz CT molecular complexity index is 831. The maximum atomic E-state index is 13.3. The average Bonchev–Trinajstić information content (AvgIpc) is 3.15. The van der Waals surface area contributed by atoms with Crippen LogP contribution in [0.1, 0.15) is 30.4 Å². The molecule has 0 aliphatic carbocycles. The van der Waals surface area contributed by atoms with Crippen LogP contribution in [0, 0.1) is 5.82 Å². The van der Waals surface area contributed by atoms with Crippen molar-refractivity contribution in [1.29, 1.82) is 0 Å². The van der Waals surface area contributed by atoms with E-state index < -0.39 is 0 Å². The number of aromatic nitrogens is 3. The molecule has 1 unspecified atom stereocenters. The Morgan fingerprint density at radius 2 is 2.20 bits per heavy atom. The van der Waals surface area contributed by atoms with Gasteiger partial charge in [0.15, 0.2) is 0 Å². The van der Waals surface area contributed by atoms with Gasteiger partial charge in [0, 0.05) is 31.6 Å². The van der Waals surface area contributed by atoms with Crippen LogP contribution in [-0.2, 0) is 11.3 Å². The Labute approximate surface area is 145 Å². The molecule has 2 heterocycles. The third-order valence-electron chi connectivity index (χ3n) is 3.98. The standard InChI is InChI=1S/C19H19FN4O/c1-14(16-3-2-4-17(20)10-16)9-19(25)23-12-15-5-6-18(22-11-15)24-8-7-21-13-24/h2-8,10-11,13-14H,9,12H2,1H3,(H,23,25). The number of carbonyl (C=O) groups excluding carboxylic acids is 1. The highest BCUT2D eigenvalue weighted by Crippen LogP contribution is 2.19. The predicted octanol–water partition coefficient (Wildman–Crippen LogP) is 3.22. The minimum absolute atomic E-state index is 0.0440. The summed E-state index contributed by atoms with van der Waals surface area (Å²) in [5.74, 6) is 0.369. The lowest BCUT2D eigenvalue weighted by molar-refractivity contribution is -0.121. The Morgan fingerprint density at radius 3 is 2.88 bits per heavy atom. The van der Waals surface area contributed by atoms with Crippen LogP contribution in [0.2, 0.25) is 0 Å². The maximum Gasteiger partial charge on any atom is 0.220 e. The van der Waals surface area contributed by atoms with Gasteiger partial charge in [-0.2, -0.15) is 0 Å². The Hall–Kier alpha value is -3.02. The molecule has 0 bridgehead atoms. The molecule has 1 N–H and O–H groups in total. The third-order valence-corrected chi connectivity index (χ3v) is 3.98. The second-order valence-electron chi connectivity index (χ2n) is 5.93. The van der Waals surface area contributed by atoms with E-state index in [4.69, 9.17) is 0 Å². The number of imidazole rings is 1. The van der Waals surface area contributed by atoms with Gasteiger partial charge in [0.25, 0.3) is 0 Å². The van der Waals surface area contributed by atoms with E-state index in [0.29, 0.717) is 13.0 Å². The molecule has 2 aromatic heterocycles. The second-order valence-corrected chi connectivity index (χ2v) is 5.93. The van der Waals surface area contributed by atoms with Crippen LogP contribution >= 0.6 is 0 Å². The number of amides is 1. The summed E-state index contributed by atoms with van der Waals surface area (Å²) in [5.41, 5.74) is 1.73. The largest absolute Gasteiger partial charge is 0.352 e. The van der Waals surface area contributed by atoms with Crippen LogP contribution in [-0.4, -0.2) is 20.4 Å². The smallest absolute Gasteiger partial charge is 0.220 e. The number of hydrogen-bond donors (Lipinski definition) is 1. The van der Waals surface area contributed by atoms with Gasteiger partial charge in [-0.05, 0) is 35.2 Å². The molecule has 5 nitrogen and oxygen atoms in total. The number of nitrogens with one attached hydrogen (secondary N) is 1. The summed E-state index contributed by atoms with van der Waals surface area (Å²) in [7, 11) is 0. The van der Waals surface area contributed by atoms with Gasteiger partial charge in [-0.1, -0.05) is 25.1 Å². The average molecular weight is 338 g/mol. The molecule has 1 atom stereocenters. The quantitative estimate of drug-likeness (QED) is 0.751. The fourth-order valence-corrected chi connectivity index (χ4v) is 2.55. The van der Waals surface area contributed by atoms with Crippen molar-refractivity contribution in [2.45, 2.75) is 25.8 Å². The fraction of sp³-hybridized carbons (Fsp3) is 0.211. The lowest BCUT2D eigenvalue weighted by Gasteiger charge is -2.12. The molecule has 0 saturated carbocycles. The molecular formula is C19H19FN4O.